The van der Waals surface area contributed by atoms with E-state index >= 15 is 0 Å². The molecule has 0 radical (unpaired) electrons. The molecule has 0 aliphatic carbocycles. The molecule has 4 aromatic rings. The number of hydrogen-bond acceptors (Lipinski definition) is 8. The van der Waals surface area contributed by atoms with E-state index in [-0.39, 0.29) is 36.2 Å². The molecule has 0 bridgehead atoms. The summed E-state index contributed by atoms with van der Waals surface area (Å²) in [7, 11) is 0. The van der Waals surface area contributed by atoms with Crippen molar-refractivity contribution in [2.45, 2.75) is 17.8 Å². The fraction of sp³-hybridized carbons (Fsp3) is 0.179. The predicted octanol–water partition coefficient (Wildman–Crippen LogP) is 4.32. The number of ether oxygens (including phenoxy) is 1. The summed E-state index contributed by atoms with van der Waals surface area (Å²) in [4.78, 5) is 59.9. The number of carbonyl (C=O) groups is 3. The molecular weight excluding hydrogens is 623 g/mol. The molecule has 214 valence electrons. The Balaban J connectivity index is 1.23. The Labute approximate surface area is 256 Å². The predicted molar refractivity (Wildman–Crippen MR) is 161 cm³/mol. The highest BCUT2D eigenvalue weighted by Gasteiger charge is 2.54. The van der Waals surface area contributed by atoms with Gasteiger partial charge in [-0.3, -0.25) is 19.3 Å². The van der Waals surface area contributed by atoms with Crippen LogP contribution >= 0.6 is 46.3 Å². The lowest BCUT2D eigenvalue weighted by atomic mass is 10.0. The van der Waals surface area contributed by atoms with E-state index in [1.807, 2.05) is 17.5 Å². The highest BCUT2D eigenvalue weighted by Crippen LogP contribution is 2.41. The molecule has 14 heteroatoms. The van der Waals surface area contributed by atoms with Crippen LogP contribution in [0.2, 0.25) is 10.0 Å². The van der Waals surface area contributed by atoms with Gasteiger partial charge >= 0.3 is 5.97 Å². The number of rotatable bonds is 8. The van der Waals surface area contributed by atoms with Gasteiger partial charge in [-0.25, -0.2) is 9.78 Å². The molecule has 6 rings (SSSR count). The molecule has 2 aliphatic rings. The largest absolute Gasteiger partial charge is 0.488 e. The summed E-state index contributed by atoms with van der Waals surface area (Å²) in [6.45, 7) is -0.150. The molecule has 2 aromatic carbocycles. The van der Waals surface area contributed by atoms with Crippen LogP contribution in [0, 0.1) is 0 Å². The fourth-order valence-corrected chi connectivity index (χ4v) is 7.18. The van der Waals surface area contributed by atoms with Gasteiger partial charge in [0.15, 0.2) is 0 Å². The molecule has 10 nitrogen and oxygen atoms in total. The number of nitrogens with one attached hydrogen (secondary N) is 2. The van der Waals surface area contributed by atoms with Crippen molar-refractivity contribution in [3.63, 3.8) is 0 Å². The number of amides is 2. The van der Waals surface area contributed by atoms with Crippen molar-refractivity contribution in [1.29, 1.82) is 0 Å². The normalized spacial score (nSPS) is 18.0. The van der Waals surface area contributed by atoms with E-state index in [9.17, 15) is 24.3 Å². The van der Waals surface area contributed by atoms with E-state index in [1.165, 1.54) is 34.1 Å². The van der Waals surface area contributed by atoms with Crippen LogP contribution in [0.25, 0.3) is 22.3 Å². The molecule has 2 unspecified atom stereocenters. The Morgan fingerprint density at radius 2 is 1.93 bits per heavy atom. The molecule has 2 aliphatic heterocycles. The number of carbonyl (C=O) groups excluding carboxylic acids is 2. The van der Waals surface area contributed by atoms with E-state index in [4.69, 9.17) is 27.9 Å². The summed E-state index contributed by atoms with van der Waals surface area (Å²) < 4.78 is 6.05. The van der Waals surface area contributed by atoms with Crippen LogP contribution in [0.4, 0.5) is 0 Å². The number of aromatic nitrogens is 2. The highest BCUT2D eigenvalue weighted by atomic mass is 35.5. The number of halogens is 2. The number of thiophene rings is 1. The van der Waals surface area contributed by atoms with Crippen LogP contribution < -0.4 is 15.6 Å². The number of fused-ring (bicyclic) bond motifs is 2. The first kappa shape index (κ1) is 28.3. The van der Waals surface area contributed by atoms with Crippen molar-refractivity contribution < 1.29 is 24.2 Å². The minimum atomic E-state index is -1.27. The van der Waals surface area contributed by atoms with Crippen LogP contribution in [-0.2, 0) is 20.8 Å². The summed E-state index contributed by atoms with van der Waals surface area (Å²) in [5.41, 5.74) is 0.627. The molecular formula is C28H20Cl2N4O6S2. The van der Waals surface area contributed by atoms with Crippen molar-refractivity contribution in [3.8, 4) is 17.1 Å². The third kappa shape index (κ3) is 5.38. The number of carboxylic acid groups (broad SMARTS) is 1. The van der Waals surface area contributed by atoms with Gasteiger partial charge in [-0.1, -0.05) is 29.3 Å². The zero-order chi connectivity index (χ0) is 29.5. The summed E-state index contributed by atoms with van der Waals surface area (Å²) >= 11 is 15.1. The molecule has 1 saturated heterocycles. The quantitative estimate of drug-likeness (QED) is 0.241. The zero-order valence-electron chi connectivity index (χ0n) is 21.4. The maximum atomic E-state index is 13.0. The average Bonchev–Trinajstić information content (AvgIpc) is 3.47. The minimum Gasteiger partial charge on any atom is -0.488 e. The van der Waals surface area contributed by atoms with Crippen molar-refractivity contribution in [3.05, 3.63) is 90.5 Å². The standard InChI is InChI=1S/C28H20Cl2N4O6S2/c29-14-3-5-19-17(8-14)25(36)33-24(31-19)18-9-15(30)4-6-20(18)40-11-13-12-42-27-22(26(37)34(27)23(13)28(38)39)32-21(35)10-16-2-1-7-41-16/h1-9,22,27H,10-12H2,(H,32,35)(H,38,39)(H,31,33,36). The van der Waals surface area contributed by atoms with Crippen molar-refractivity contribution in [1.82, 2.24) is 20.2 Å². The third-order valence-electron chi connectivity index (χ3n) is 6.75. The number of H-pyrrole nitrogens is 1. The second kappa shape index (κ2) is 11.4. The molecule has 0 saturated carbocycles. The molecule has 0 spiro atoms. The Morgan fingerprint density at radius 1 is 1.14 bits per heavy atom. The van der Waals surface area contributed by atoms with Crippen LogP contribution in [0.1, 0.15) is 4.88 Å². The van der Waals surface area contributed by atoms with Gasteiger partial charge in [0, 0.05) is 26.2 Å². The Kier molecular flexibility index (Phi) is 7.71. The monoisotopic (exact) mass is 642 g/mol. The van der Waals surface area contributed by atoms with Crippen LogP contribution in [0.5, 0.6) is 5.75 Å². The van der Waals surface area contributed by atoms with Gasteiger partial charge < -0.3 is 20.1 Å². The van der Waals surface area contributed by atoms with E-state index in [0.717, 1.165) is 4.88 Å². The summed E-state index contributed by atoms with van der Waals surface area (Å²) in [6, 6.07) is 12.4. The smallest absolute Gasteiger partial charge is 0.352 e. The SMILES string of the molecule is O=C(Cc1cccs1)NC1C(=O)N2C(C(=O)O)=C(COc3ccc(Cl)cc3-c3nc4ccc(Cl)cc4c(=O)[nH]3)CSC12. The van der Waals surface area contributed by atoms with Gasteiger partial charge in [0.1, 0.15) is 35.3 Å². The van der Waals surface area contributed by atoms with Gasteiger partial charge in [-0.15, -0.1) is 23.1 Å². The summed E-state index contributed by atoms with van der Waals surface area (Å²) in [5, 5.41) is 15.2. The van der Waals surface area contributed by atoms with Crippen LogP contribution in [0.3, 0.4) is 0 Å². The second-order valence-electron chi connectivity index (χ2n) is 9.47. The van der Waals surface area contributed by atoms with Crippen LogP contribution in [0.15, 0.2) is 70.0 Å². The molecule has 2 amide bonds. The summed E-state index contributed by atoms with van der Waals surface area (Å²) in [6.07, 6.45) is 0.147. The van der Waals surface area contributed by atoms with Gasteiger partial charge in [0.25, 0.3) is 11.5 Å². The molecule has 42 heavy (non-hydrogen) atoms. The minimum absolute atomic E-state index is 0.147. The lowest BCUT2D eigenvalue weighted by molar-refractivity contribution is -0.150. The number of β-lactam (4-membered cyclic amide) rings is 1. The molecule has 1 fully saturated rings. The Bertz CT molecular complexity index is 1840. The second-order valence-corrected chi connectivity index (χ2v) is 12.5. The van der Waals surface area contributed by atoms with E-state index in [2.05, 4.69) is 15.3 Å². The topological polar surface area (TPSA) is 142 Å². The number of carboxylic acids is 1. The number of nitrogens with zero attached hydrogens (tertiary/aromatic N) is 2. The van der Waals surface area contributed by atoms with E-state index in [1.54, 1.807) is 30.3 Å². The first-order chi connectivity index (χ1) is 20.2. The molecule has 2 atom stereocenters. The van der Waals surface area contributed by atoms with Crippen LogP contribution in [-0.4, -0.2) is 61.5 Å². The van der Waals surface area contributed by atoms with Gasteiger partial charge in [0.2, 0.25) is 5.91 Å². The Morgan fingerprint density at radius 3 is 2.69 bits per heavy atom. The molecule has 2 aromatic heterocycles. The van der Waals surface area contributed by atoms with Gasteiger partial charge in [0.05, 0.1) is 22.9 Å². The number of aromatic amines is 1. The van der Waals surface area contributed by atoms with Crippen molar-refractivity contribution in [2.75, 3.05) is 12.4 Å². The lowest BCUT2D eigenvalue weighted by Gasteiger charge is -2.49. The number of aliphatic carboxylic acids is 1. The van der Waals surface area contributed by atoms with Gasteiger partial charge in [-0.05, 0) is 47.8 Å². The maximum Gasteiger partial charge on any atom is 0.352 e. The first-order valence-electron chi connectivity index (χ1n) is 12.5. The molecule has 3 N–H and O–H groups in total. The summed E-state index contributed by atoms with van der Waals surface area (Å²) in [5.74, 6) is -1.30. The first-order valence-corrected chi connectivity index (χ1v) is 15.2. The highest BCUT2D eigenvalue weighted by molar-refractivity contribution is 8.00. The number of benzene rings is 2. The van der Waals surface area contributed by atoms with Gasteiger partial charge in [-0.2, -0.15) is 0 Å². The zero-order valence-corrected chi connectivity index (χ0v) is 24.6. The number of thioether (sulfide) groups is 1. The van der Waals surface area contributed by atoms with Crippen molar-refractivity contribution >= 4 is 75.0 Å². The van der Waals surface area contributed by atoms with E-state index in [0.29, 0.717) is 37.8 Å². The van der Waals surface area contributed by atoms with E-state index < -0.39 is 28.9 Å². The average molecular weight is 644 g/mol. The van der Waals surface area contributed by atoms with Crippen molar-refractivity contribution in [2.24, 2.45) is 0 Å². The Hall–Kier alpha value is -3.84. The maximum absolute atomic E-state index is 13.0. The third-order valence-corrected chi connectivity index (χ3v) is 9.43. The molecule has 4 heterocycles. The lowest BCUT2D eigenvalue weighted by Crippen LogP contribution is -2.70. The number of hydrogen-bond donors (Lipinski definition) is 3. The fourth-order valence-electron chi connectivity index (χ4n) is 4.81.